The maximum Gasteiger partial charge on any atom is 0.390 e. The lowest BCUT2D eigenvalue weighted by Gasteiger charge is -2.20. The second-order valence-electron chi connectivity index (χ2n) is 6.89. The van der Waals surface area contributed by atoms with Crippen LogP contribution in [0.3, 0.4) is 0 Å². The van der Waals surface area contributed by atoms with Gasteiger partial charge in [-0.15, -0.1) is 0 Å². The van der Waals surface area contributed by atoms with Crippen molar-refractivity contribution in [2.24, 2.45) is 0 Å². The molecule has 1 aromatic carbocycles. The van der Waals surface area contributed by atoms with Gasteiger partial charge < -0.3 is 14.2 Å². The third-order valence-electron chi connectivity index (χ3n) is 4.96. The van der Waals surface area contributed by atoms with Crippen LogP contribution in [-0.2, 0) is 11.3 Å². The van der Waals surface area contributed by atoms with Crippen molar-refractivity contribution in [1.82, 2.24) is 4.57 Å². The minimum absolute atomic E-state index is 0.0963. The van der Waals surface area contributed by atoms with Crippen molar-refractivity contribution < 1.29 is 22.7 Å². The molecule has 0 N–H and O–H groups in total. The van der Waals surface area contributed by atoms with E-state index in [1.54, 1.807) is 32.2 Å². The minimum atomic E-state index is -4.35. The van der Waals surface area contributed by atoms with Gasteiger partial charge in [0, 0.05) is 31.6 Å². The van der Waals surface area contributed by atoms with E-state index < -0.39 is 24.7 Å². The van der Waals surface area contributed by atoms with E-state index in [2.05, 4.69) is 0 Å². The lowest BCUT2D eigenvalue weighted by Crippen LogP contribution is -2.34. The third-order valence-corrected chi connectivity index (χ3v) is 4.96. The number of carbonyl (C=O) groups is 1. The summed E-state index contributed by atoms with van der Waals surface area (Å²) in [4.78, 5) is 26.7. The van der Waals surface area contributed by atoms with Crippen LogP contribution in [0.25, 0.3) is 0 Å². The van der Waals surface area contributed by atoms with Gasteiger partial charge in [0.25, 0.3) is 5.56 Å². The number of ether oxygens (including phenoxy) is 1. The summed E-state index contributed by atoms with van der Waals surface area (Å²) >= 11 is 0. The van der Waals surface area contributed by atoms with E-state index in [0.29, 0.717) is 17.9 Å². The van der Waals surface area contributed by atoms with E-state index in [4.69, 9.17) is 4.74 Å². The molecular formula is C20H21F3N2O3. The van der Waals surface area contributed by atoms with Crippen molar-refractivity contribution in [3.8, 4) is 5.75 Å². The third kappa shape index (κ3) is 4.21. The molecule has 0 spiro atoms. The Morgan fingerprint density at radius 3 is 2.43 bits per heavy atom. The molecule has 1 atom stereocenters. The van der Waals surface area contributed by atoms with Crippen LogP contribution in [0, 0.1) is 6.92 Å². The summed E-state index contributed by atoms with van der Waals surface area (Å²) < 4.78 is 43.7. The summed E-state index contributed by atoms with van der Waals surface area (Å²) in [6, 6.07) is 8.93. The zero-order valence-corrected chi connectivity index (χ0v) is 15.6. The Hall–Kier alpha value is -2.77. The fraction of sp³-hybridized carbons (Fsp3) is 0.400. The number of nitrogens with zero attached hydrogens (tertiary/aromatic N) is 2. The van der Waals surface area contributed by atoms with Crippen LogP contribution >= 0.6 is 0 Å². The van der Waals surface area contributed by atoms with Gasteiger partial charge in [0.15, 0.2) is 0 Å². The quantitative estimate of drug-likeness (QED) is 0.778. The van der Waals surface area contributed by atoms with E-state index in [1.165, 1.54) is 11.1 Å². The van der Waals surface area contributed by atoms with E-state index >= 15 is 0 Å². The van der Waals surface area contributed by atoms with Crippen molar-refractivity contribution >= 4 is 11.6 Å². The summed E-state index contributed by atoms with van der Waals surface area (Å²) in [5.74, 6) is 0.395. The molecule has 0 radical (unpaired) electrons. The van der Waals surface area contributed by atoms with E-state index in [0.717, 1.165) is 10.1 Å². The average molecular weight is 394 g/mol. The number of carbonyl (C=O) groups excluding carboxylic acids is 1. The molecule has 2 aromatic rings. The fourth-order valence-corrected chi connectivity index (χ4v) is 3.43. The van der Waals surface area contributed by atoms with Crippen LogP contribution in [0.2, 0.25) is 0 Å². The topological polar surface area (TPSA) is 51.5 Å². The number of rotatable bonds is 5. The number of anilines is 1. The second kappa shape index (κ2) is 7.69. The number of benzene rings is 1. The Kier molecular flexibility index (Phi) is 5.49. The molecule has 1 aliphatic rings. The van der Waals surface area contributed by atoms with Gasteiger partial charge in [-0.25, -0.2) is 0 Å². The molecule has 28 heavy (non-hydrogen) atoms. The number of pyridine rings is 1. The van der Waals surface area contributed by atoms with Gasteiger partial charge in [-0.1, -0.05) is 12.1 Å². The standard InChI is InChI=1S/C20H21F3N2O3/c1-13-7-9-24(10-8-20(21,22)23)19(27)18(13)25-12-15(11-17(25)26)14-3-5-16(28-2)6-4-14/h3-7,9,15H,8,10-12H2,1-2H3. The predicted octanol–water partition coefficient (Wildman–Crippen LogP) is 3.64. The van der Waals surface area contributed by atoms with Crippen LogP contribution in [0.15, 0.2) is 41.3 Å². The summed E-state index contributed by atoms with van der Waals surface area (Å²) in [6.07, 6.45) is -3.87. The normalized spacial score (nSPS) is 17.2. The number of aromatic nitrogens is 1. The highest BCUT2D eigenvalue weighted by molar-refractivity contribution is 5.97. The molecular weight excluding hydrogens is 373 g/mol. The minimum Gasteiger partial charge on any atom is -0.497 e. The lowest BCUT2D eigenvalue weighted by atomic mass is 9.98. The number of aryl methyl sites for hydroxylation is 2. The molecule has 1 saturated heterocycles. The monoisotopic (exact) mass is 394 g/mol. The van der Waals surface area contributed by atoms with E-state index in [9.17, 15) is 22.8 Å². The van der Waals surface area contributed by atoms with Crippen LogP contribution in [-0.4, -0.2) is 30.3 Å². The molecule has 1 aliphatic heterocycles. The first kappa shape index (κ1) is 20.0. The van der Waals surface area contributed by atoms with Gasteiger partial charge in [-0.2, -0.15) is 13.2 Å². The van der Waals surface area contributed by atoms with Crippen molar-refractivity contribution in [2.45, 2.75) is 38.4 Å². The number of alkyl halides is 3. The molecule has 1 amide bonds. The molecule has 5 nitrogen and oxygen atoms in total. The molecule has 8 heteroatoms. The number of hydrogen-bond donors (Lipinski definition) is 0. The van der Waals surface area contributed by atoms with Gasteiger partial charge in [0.05, 0.1) is 13.5 Å². The highest BCUT2D eigenvalue weighted by atomic mass is 19.4. The van der Waals surface area contributed by atoms with Crippen LogP contribution in [0.5, 0.6) is 5.75 Å². The summed E-state index contributed by atoms with van der Waals surface area (Å²) in [7, 11) is 1.57. The van der Waals surface area contributed by atoms with Crippen LogP contribution in [0.1, 0.15) is 29.9 Å². The fourth-order valence-electron chi connectivity index (χ4n) is 3.43. The van der Waals surface area contributed by atoms with Crippen molar-refractivity contribution in [3.63, 3.8) is 0 Å². The van der Waals surface area contributed by atoms with Crippen LogP contribution < -0.4 is 15.2 Å². The molecule has 0 aliphatic carbocycles. The molecule has 1 aromatic heterocycles. The molecule has 0 saturated carbocycles. The van der Waals surface area contributed by atoms with Gasteiger partial charge in [0.2, 0.25) is 5.91 Å². The molecule has 1 fully saturated rings. The lowest BCUT2D eigenvalue weighted by molar-refractivity contribution is -0.136. The molecule has 0 bridgehead atoms. The highest BCUT2D eigenvalue weighted by Gasteiger charge is 2.34. The molecule has 1 unspecified atom stereocenters. The number of halogens is 3. The van der Waals surface area contributed by atoms with E-state index in [-0.39, 0.29) is 23.9 Å². The largest absolute Gasteiger partial charge is 0.497 e. The maximum absolute atomic E-state index is 12.8. The van der Waals surface area contributed by atoms with E-state index in [1.807, 2.05) is 12.1 Å². The average Bonchev–Trinajstić information content (AvgIpc) is 3.02. The number of amides is 1. The molecule has 150 valence electrons. The Labute approximate surface area is 160 Å². The Morgan fingerprint density at radius 1 is 1.14 bits per heavy atom. The van der Waals surface area contributed by atoms with Gasteiger partial charge in [0.1, 0.15) is 11.4 Å². The Balaban J connectivity index is 1.86. The highest BCUT2D eigenvalue weighted by Crippen LogP contribution is 2.32. The number of hydrogen-bond acceptors (Lipinski definition) is 3. The van der Waals surface area contributed by atoms with Crippen LogP contribution in [0.4, 0.5) is 18.9 Å². The van der Waals surface area contributed by atoms with Gasteiger partial charge in [-0.3, -0.25) is 9.59 Å². The SMILES string of the molecule is COc1ccc(C2CC(=O)N(c3c(C)ccn(CCC(F)(F)F)c3=O)C2)cc1. The molecule has 2 heterocycles. The van der Waals surface area contributed by atoms with Gasteiger partial charge >= 0.3 is 6.18 Å². The smallest absolute Gasteiger partial charge is 0.390 e. The first-order valence-corrected chi connectivity index (χ1v) is 8.90. The summed E-state index contributed by atoms with van der Waals surface area (Å²) in [6.45, 7) is 1.52. The molecule has 3 rings (SSSR count). The van der Waals surface area contributed by atoms with Gasteiger partial charge in [-0.05, 0) is 36.2 Å². The zero-order chi connectivity index (χ0) is 20.5. The second-order valence-corrected chi connectivity index (χ2v) is 6.89. The maximum atomic E-state index is 12.8. The number of methoxy groups -OCH3 is 1. The zero-order valence-electron chi connectivity index (χ0n) is 15.6. The predicted molar refractivity (Wildman–Crippen MR) is 98.8 cm³/mol. The summed E-state index contributed by atoms with van der Waals surface area (Å²) in [5.41, 5.74) is 1.10. The van der Waals surface area contributed by atoms with Crippen molar-refractivity contribution in [3.05, 3.63) is 58.0 Å². The summed E-state index contributed by atoms with van der Waals surface area (Å²) in [5, 5.41) is 0. The van der Waals surface area contributed by atoms with Crippen molar-refractivity contribution in [1.29, 1.82) is 0 Å². The first-order valence-electron chi connectivity index (χ1n) is 8.90. The Morgan fingerprint density at radius 2 is 1.82 bits per heavy atom. The Bertz CT molecular complexity index is 920. The van der Waals surface area contributed by atoms with Crippen molar-refractivity contribution in [2.75, 3.05) is 18.6 Å². The first-order chi connectivity index (χ1) is 13.2.